The van der Waals surface area contributed by atoms with Gasteiger partial charge in [0.1, 0.15) is 34.6 Å². The zero-order valence-electron chi connectivity index (χ0n) is 18.4. The lowest BCUT2D eigenvalue weighted by molar-refractivity contribution is 0.443. The molecule has 0 unspecified atom stereocenters. The average Bonchev–Trinajstić information content (AvgIpc) is 2.92. The van der Waals surface area contributed by atoms with Crippen LogP contribution in [0.2, 0.25) is 0 Å². The summed E-state index contributed by atoms with van der Waals surface area (Å²) in [5, 5.41) is 30.1. The summed E-state index contributed by atoms with van der Waals surface area (Å²) in [5.74, 6) is -19.4. The zero-order chi connectivity index (χ0) is 29.2. The highest BCUT2D eigenvalue weighted by Crippen LogP contribution is 2.43. The number of benzene rings is 2. The molecule has 0 aliphatic heterocycles. The van der Waals surface area contributed by atoms with Crippen LogP contribution in [0.4, 0.5) is 46.5 Å². The smallest absolute Gasteiger partial charge is 0.269 e. The second-order valence-corrected chi connectivity index (χ2v) is 6.99. The van der Waals surface area contributed by atoms with E-state index in [1.165, 1.54) is 6.07 Å². The lowest BCUT2D eigenvalue weighted by atomic mass is 10.00. The van der Waals surface area contributed by atoms with Crippen molar-refractivity contribution in [3.63, 3.8) is 0 Å². The SMILES string of the molecule is [C-]#[N+]/N=C1C=C/C(=C(/C#N)[N+]#[C-])C=C/1N(c1c(F)c(F)c(C#N)c(F)c1F)c1c(F)c(F)c(C#N)c(F)c1F. The number of nitriles is 3. The molecule has 0 saturated carbocycles. The van der Waals surface area contributed by atoms with Gasteiger partial charge in [-0.15, -0.1) is 4.95 Å². The van der Waals surface area contributed by atoms with Crippen molar-refractivity contribution in [2.24, 2.45) is 5.10 Å². The maximum absolute atomic E-state index is 15.2. The Labute approximate surface area is 212 Å². The second kappa shape index (κ2) is 10.6. The van der Waals surface area contributed by atoms with Crippen LogP contribution in [0.25, 0.3) is 9.80 Å². The third-order valence-corrected chi connectivity index (χ3v) is 5.02. The molecular weight excluding hydrogens is 538 g/mol. The van der Waals surface area contributed by atoms with Gasteiger partial charge in [0.25, 0.3) is 5.70 Å². The molecule has 190 valence electrons. The fourth-order valence-electron chi connectivity index (χ4n) is 3.32. The highest BCUT2D eigenvalue weighted by Gasteiger charge is 2.39. The molecule has 39 heavy (non-hydrogen) atoms. The van der Waals surface area contributed by atoms with E-state index >= 15 is 17.6 Å². The highest BCUT2D eigenvalue weighted by molar-refractivity contribution is 6.14. The molecule has 0 heterocycles. The first-order valence-electron chi connectivity index (χ1n) is 9.69. The van der Waals surface area contributed by atoms with Crippen molar-refractivity contribution in [2.75, 3.05) is 4.90 Å². The van der Waals surface area contributed by atoms with Crippen molar-refractivity contribution in [2.45, 2.75) is 0 Å². The predicted octanol–water partition coefficient (Wildman–Crippen LogP) is 6.11. The van der Waals surface area contributed by atoms with Crippen LogP contribution in [-0.2, 0) is 0 Å². The Kier molecular flexibility index (Phi) is 7.47. The molecule has 2 aromatic rings. The number of hydrogen-bond acceptors (Lipinski definition) is 5. The monoisotopic (exact) mass is 541 g/mol. The Hall–Kier alpha value is -5.98. The summed E-state index contributed by atoms with van der Waals surface area (Å²) < 4.78 is 119. The Morgan fingerprint density at radius 2 is 1.15 bits per heavy atom. The molecule has 3 rings (SSSR count). The van der Waals surface area contributed by atoms with E-state index < -0.39 is 96.6 Å². The Morgan fingerprint density at radius 1 is 0.718 bits per heavy atom. The first kappa shape index (κ1) is 27.6. The van der Waals surface area contributed by atoms with Crippen LogP contribution >= 0.6 is 0 Å². The fraction of sp³-hybridized carbons (Fsp3) is 0. The fourth-order valence-corrected chi connectivity index (χ4v) is 3.32. The summed E-state index contributed by atoms with van der Waals surface area (Å²) in [7, 11) is 0. The Bertz CT molecular complexity index is 1650. The molecule has 1 aliphatic rings. The lowest BCUT2D eigenvalue weighted by Gasteiger charge is -2.30. The average molecular weight is 541 g/mol. The van der Waals surface area contributed by atoms with Gasteiger partial charge in [-0.25, -0.2) is 45.2 Å². The van der Waals surface area contributed by atoms with Gasteiger partial charge >= 0.3 is 0 Å². The summed E-state index contributed by atoms with van der Waals surface area (Å²) in [6.07, 6.45) is 2.28. The minimum absolute atomic E-state index is 0.442. The van der Waals surface area contributed by atoms with Gasteiger partial charge in [-0.2, -0.15) is 17.1 Å². The van der Waals surface area contributed by atoms with E-state index in [2.05, 4.69) is 14.9 Å². The standard InChI is InChI=1S/C24H3F8N7/c1-36-13(8-35)9-3-4-12(38-37-2)14(5-9)39(23-19(29)15(25)10(6-33)16(26)20(23)30)24-21(31)17(27)11(7-34)18(28)22(24)32/h3-5H/b13-9+,38-12-. The third-order valence-electron chi connectivity index (χ3n) is 5.02. The maximum Gasteiger partial charge on any atom is 0.269 e. The van der Waals surface area contributed by atoms with Crippen molar-refractivity contribution in [1.82, 2.24) is 0 Å². The van der Waals surface area contributed by atoms with Gasteiger partial charge in [0.05, 0.1) is 23.4 Å². The summed E-state index contributed by atoms with van der Waals surface area (Å²) >= 11 is 0. The number of anilines is 2. The van der Waals surface area contributed by atoms with Gasteiger partial charge in [-0.1, -0.05) is 6.08 Å². The van der Waals surface area contributed by atoms with Crippen molar-refractivity contribution in [3.05, 3.63) is 116 Å². The first-order chi connectivity index (χ1) is 18.5. The van der Waals surface area contributed by atoms with Gasteiger partial charge in [0, 0.05) is 0 Å². The van der Waals surface area contributed by atoms with E-state index in [9.17, 15) is 17.6 Å². The predicted molar refractivity (Wildman–Crippen MR) is 115 cm³/mol. The molecule has 0 fully saturated rings. The number of halogens is 8. The molecule has 15 heteroatoms. The molecule has 7 nitrogen and oxygen atoms in total. The topological polar surface area (TPSA) is 95.7 Å². The van der Waals surface area contributed by atoms with Crippen LogP contribution in [-0.4, -0.2) is 5.71 Å². The normalized spacial score (nSPS) is 14.4. The van der Waals surface area contributed by atoms with Crippen molar-refractivity contribution < 1.29 is 35.1 Å². The van der Waals surface area contributed by atoms with E-state index in [1.807, 2.05) is 0 Å². The second-order valence-electron chi connectivity index (χ2n) is 6.99. The molecule has 0 bridgehead atoms. The minimum Gasteiger partial charge on any atom is -0.297 e. The van der Waals surface area contributed by atoms with Gasteiger partial charge in [-0.05, 0) is 17.7 Å². The number of rotatable bonds is 3. The van der Waals surface area contributed by atoms with Crippen LogP contribution in [0.1, 0.15) is 11.1 Å². The molecule has 0 spiro atoms. The number of nitrogens with zero attached hydrogens (tertiary/aromatic N) is 7. The Morgan fingerprint density at radius 3 is 1.49 bits per heavy atom. The summed E-state index contributed by atoms with van der Waals surface area (Å²) in [5.41, 5.74) is -10.9. The molecule has 0 N–H and O–H groups in total. The third kappa shape index (κ3) is 4.29. The Balaban J connectivity index is 2.68. The summed E-state index contributed by atoms with van der Waals surface area (Å²) in [6.45, 7) is 14.0. The van der Waals surface area contributed by atoms with Gasteiger partial charge in [0.15, 0.2) is 52.2 Å². The lowest BCUT2D eigenvalue weighted by Crippen LogP contribution is -2.29. The van der Waals surface area contributed by atoms with E-state index in [0.29, 0.717) is 6.08 Å². The zero-order valence-corrected chi connectivity index (χ0v) is 18.4. The number of hydrogen-bond donors (Lipinski definition) is 0. The van der Waals surface area contributed by atoms with Crippen molar-refractivity contribution >= 4 is 17.1 Å². The van der Waals surface area contributed by atoms with E-state index in [-0.39, 0.29) is 0 Å². The van der Waals surface area contributed by atoms with E-state index in [0.717, 1.165) is 24.3 Å². The van der Waals surface area contributed by atoms with Crippen molar-refractivity contribution in [3.8, 4) is 18.2 Å². The quantitative estimate of drug-likeness (QED) is 0.154. The van der Waals surface area contributed by atoms with E-state index in [4.69, 9.17) is 28.9 Å². The highest BCUT2D eigenvalue weighted by atomic mass is 19.2. The van der Waals surface area contributed by atoms with Gasteiger partial charge in [0.2, 0.25) is 0 Å². The van der Waals surface area contributed by atoms with Crippen LogP contribution < -0.4 is 4.90 Å². The van der Waals surface area contributed by atoms with Crippen molar-refractivity contribution in [1.29, 1.82) is 15.8 Å². The van der Waals surface area contributed by atoms with Crippen LogP contribution in [0.15, 0.2) is 40.3 Å². The molecule has 2 aromatic carbocycles. The largest absolute Gasteiger partial charge is 0.297 e. The first-order valence-corrected chi connectivity index (χ1v) is 9.69. The van der Waals surface area contributed by atoms with Crippen LogP contribution in [0.5, 0.6) is 0 Å². The van der Waals surface area contributed by atoms with Crippen LogP contribution in [0, 0.1) is 93.7 Å². The molecule has 0 amide bonds. The molecule has 0 radical (unpaired) electrons. The van der Waals surface area contributed by atoms with Crippen LogP contribution in [0.3, 0.4) is 0 Å². The summed E-state index contributed by atoms with van der Waals surface area (Å²) in [4.78, 5) is 5.04. The molecule has 0 atom stereocenters. The molecule has 1 aliphatic carbocycles. The minimum atomic E-state index is -2.48. The van der Waals surface area contributed by atoms with Gasteiger partial charge < -0.3 is 0 Å². The maximum atomic E-state index is 15.2. The molecular formula is C24H3F8N7. The van der Waals surface area contributed by atoms with E-state index in [1.54, 1.807) is 0 Å². The summed E-state index contributed by atoms with van der Waals surface area (Å²) in [6, 6.07) is 3.09. The molecule has 0 aromatic heterocycles. The van der Waals surface area contributed by atoms with Gasteiger partial charge in [-0.3, -0.25) is 4.90 Å². The molecule has 0 saturated heterocycles. The number of allylic oxidation sites excluding steroid dienone is 5.